The monoisotopic (exact) mass is 335 g/mol. The lowest BCUT2D eigenvalue weighted by molar-refractivity contribution is -0.384. The lowest BCUT2D eigenvalue weighted by Gasteiger charge is -2.21. The van der Waals surface area contributed by atoms with Gasteiger partial charge in [-0.05, 0) is 36.2 Å². The summed E-state index contributed by atoms with van der Waals surface area (Å²) in [5.74, 6) is -1.90. The van der Waals surface area contributed by atoms with Crippen molar-refractivity contribution in [3.63, 3.8) is 0 Å². The van der Waals surface area contributed by atoms with E-state index in [1.807, 2.05) is 0 Å². The van der Waals surface area contributed by atoms with Gasteiger partial charge in [0.2, 0.25) is 0 Å². The molecule has 8 heteroatoms. The highest BCUT2D eigenvalue weighted by Crippen LogP contribution is 2.35. The molecule has 0 radical (unpaired) electrons. The van der Waals surface area contributed by atoms with Gasteiger partial charge in [0.25, 0.3) is 5.69 Å². The van der Waals surface area contributed by atoms with Crippen LogP contribution in [0.4, 0.5) is 25.8 Å². The van der Waals surface area contributed by atoms with Crippen LogP contribution in [0.3, 0.4) is 0 Å². The normalized spacial score (nSPS) is 20.1. The molecule has 24 heavy (non-hydrogen) atoms. The van der Waals surface area contributed by atoms with E-state index in [9.17, 15) is 18.9 Å². The van der Waals surface area contributed by atoms with Gasteiger partial charge < -0.3 is 15.8 Å². The van der Waals surface area contributed by atoms with Crippen LogP contribution in [0.15, 0.2) is 36.4 Å². The Hall–Kier alpha value is -2.74. The van der Waals surface area contributed by atoms with Gasteiger partial charge in [-0.1, -0.05) is 6.07 Å². The van der Waals surface area contributed by atoms with Crippen molar-refractivity contribution in [2.75, 3.05) is 17.7 Å². The summed E-state index contributed by atoms with van der Waals surface area (Å²) in [5.41, 5.74) is 6.70. The molecule has 0 aromatic heterocycles. The fourth-order valence-electron chi connectivity index (χ4n) is 2.78. The summed E-state index contributed by atoms with van der Waals surface area (Å²) in [4.78, 5) is 10.6. The Balaban J connectivity index is 1.88. The Kier molecular flexibility index (Phi) is 4.30. The maximum atomic E-state index is 13.5. The lowest BCUT2D eigenvalue weighted by atomic mass is 10.0. The van der Waals surface area contributed by atoms with E-state index < -0.39 is 22.7 Å². The number of nitrogens with two attached hydrogens (primary N) is 1. The van der Waals surface area contributed by atoms with Gasteiger partial charge in [-0.15, -0.1) is 0 Å². The highest BCUT2D eigenvalue weighted by molar-refractivity contribution is 5.67. The van der Waals surface area contributed by atoms with E-state index in [4.69, 9.17) is 10.5 Å². The number of rotatable bonds is 4. The van der Waals surface area contributed by atoms with E-state index in [0.29, 0.717) is 24.3 Å². The molecular formula is C16H15F2N3O3. The molecular weight excluding hydrogens is 320 g/mol. The smallest absolute Gasteiger partial charge is 0.292 e. The number of nitrogens with zero attached hydrogens (tertiary/aromatic N) is 1. The molecule has 1 aliphatic heterocycles. The molecule has 2 aromatic rings. The number of nitrogens with one attached hydrogen (secondary N) is 1. The number of benzene rings is 2. The fourth-order valence-corrected chi connectivity index (χ4v) is 2.78. The van der Waals surface area contributed by atoms with Crippen molar-refractivity contribution in [2.24, 2.45) is 0 Å². The summed E-state index contributed by atoms with van der Waals surface area (Å²) in [6, 6.07) is 7.47. The number of hydrogen-bond donors (Lipinski definition) is 2. The van der Waals surface area contributed by atoms with Gasteiger partial charge in [0.1, 0.15) is 11.8 Å². The first-order valence-corrected chi connectivity index (χ1v) is 7.32. The average Bonchev–Trinajstić information content (AvgIpc) is 2.98. The summed E-state index contributed by atoms with van der Waals surface area (Å²) in [6.45, 7) is 0.400. The second kappa shape index (κ2) is 6.40. The van der Waals surface area contributed by atoms with Gasteiger partial charge in [-0.3, -0.25) is 10.1 Å². The molecule has 0 saturated carbocycles. The van der Waals surface area contributed by atoms with E-state index >= 15 is 0 Å². The Morgan fingerprint density at radius 2 is 2.00 bits per heavy atom. The van der Waals surface area contributed by atoms with Crippen LogP contribution >= 0.6 is 0 Å². The van der Waals surface area contributed by atoms with Crippen molar-refractivity contribution in [3.05, 3.63) is 63.7 Å². The van der Waals surface area contributed by atoms with E-state index in [-0.39, 0.29) is 17.4 Å². The molecule has 0 aliphatic carbocycles. The summed E-state index contributed by atoms with van der Waals surface area (Å²) >= 11 is 0. The Morgan fingerprint density at radius 1 is 1.21 bits per heavy atom. The maximum absolute atomic E-state index is 13.5. The largest absolute Gasteiger partial charge is 0.399 e. The molecule has 2 aromatic carbocycles. The number of hydrogen-bond acceptors (Lipinski definition) is 5. The van der Waals surface area contributed by atoms with Crippen molar-refractivity contribution in [1.82, 2.24) is 0 Å². The Bertz CT molecular complexity index is 785. The van der Waals surface area contributed by atoms with E-state index in [0.717, 1.165) is 12.1 Å². The number of halogens is 2. The Morgan fingerprint density at radius 3 is 2.71 bits per heavy atom. The molecule has 0 amide bonds. The molecule has 3 rings (SSSR count). The number of anilines is 2. The van der Waals surface area contributed by atoms with Crippen LogP contribution < -0.4 is 11.1 Å². The van der Waals surface area contributed by atoms with Crippen LogP contribution in [0.1, 0.15) is 18.1 Å². The van der Waals surface area contributed by atoms with Crippen molar-refractivity contribution in [3.8, 4) is 0 Å². The highest BCUT2D eigenvalue weighted by atomic mass is 19.2. The highest BCUT2D eigenvalue weighted by Gasteiger charge is 2.31. The van der Waals surface area contributed by atoms with Crippen LogP contribution in [-0.2, 0) is 4.74 Å². The first kappa shape index (κ1) is 16.1. The molecule has 2 atom stereocenters. The van der Waals surface area contributed by atoms with Crippen LogP contribution in [-0.4, -0.2) is 17.6 Å². The standard InChI is InChI=1S/C16H15F2N3O3/c17-11-3-1-9(7-12(11)18)16-13(5-6-24-16)20-14-8-10(19)2-4-15(14)21(22)23/h1-4,7-8,13,16,20H,5-6,19H2/t13-,16-/m0/s1. The average molecular weight is 335 g/mol. The third-order valence-corrected chi connectivity index (χ3v) is 3.92. The van der Waals surface area contributed by atoms with Crippen molar-refractivity contribution in [2.45, 2.75) is 18.6 Å². The second-order valence-corrected chi connectivity index (χ2v) is 5.54. The molecule has 0 spiro atoms. The van der Waals surface area contributed by atoms with Gasteiger partial charge in [0.05, 0.1) is 11.0 Å². The summed E-state index contributed by atoms with van der Waals surface area (Å²) in [6.07, 6.45) is 0.0245. The molecule has 1 aliphatic rings. The van der Waals surface area contributed by atoms with E-state index in [2.05, 4.69) is 5.32 Å². The van der Waals surface area contributed by atoms with Gasteiger partial charge in [-0.25, -0.2) is 8.78 Å². The zero-order chi connectivity index (χ0) is 17.3. The predicted octanol–water partition coefficient (Wildman–Crippen LogP) is 3.40. The van der Waals surface area contributed by atoms with E-state index in [1.54, 1.807) is 0 Å². The van der Waals surface area contributed by atoms with Crippen LogP contribution in [0.2, 0.25) is 0 Å². The molecule has 1 heterocycles. The van der Waals surface area contributed by atoms with Gasteiger partial charge in [0.15, 0.2) is 11.6 Å². The minimum absolute atomic E-state index is 0.111. The van der Waals surface area contributed by atoms with Crippen molar-refractivity contribution >= 4 is 17.1 Å². The van der Waals surface area contributed by atoms with Crippen molar-refractivity contribution < 1.29 is 18.4 Å². The lowest BCUT2D eigenvalue weighted by Crippen LogP contribution is -2.24. The minimum Gasteiger partial charge on any atom is -0.399 e. The third-order valence-electron chi connectivity index (χ3n) is 3.92. The molecule has 1 fully saturated rings. The molecule has 1 saturated heterocycles. The number of nitro benzene ring substituents is 1. The summed E-state index contributed by atoms with van der Waals surface area (Å²) < 4.78 is 32.1. The van der Waals surface area contributed by atoms with Gasteiger partial charge in [0, 0.05) is 18.4 Å². The van der Waals surface area contributed by atoms with Crippen LogP contribution in [0.5, 0.6) is 0 Å². The second-order valence-electron chi connectivity index (χ2n) is 5.54. The van der Waals surface area contributed by atoms with Crippen LogP contribution in [0.25, 0.3) is 0 Å². The minimum atomic E-state index is -0.961. The SMILES string of the molecule is Nc1ccc([N+](=O)[O-])c(N[C@H]2CCO[C@H]2c2ccc(F)c(F)c2)c1. The zero-order valence-corrected chi connectivity index (χ0v) is 12.5. The Labute approximate surface area is 136 Å². The summed E-state index contributed by atoms with van der Waals surface area (Å²) in [7, 11) is 0. The molecule has 0 bridgehead atoms. The summed E-state index contributed by atoms with van der Waals surface area (Å²) in [5, 5.41) is 14.2. The molecule has 126 valence electrons. The topological polar surface area (TPSA) is 90.4 Å². The number of nitrogen functional groups attached to an aromatic ring is 1. The quantitative estimate of drug-likeness (QED) is 0.508. The number of nitro groups is 1. The first-order valence-electron chi connectivity index (χ1n) is 7.32. The first-order chi connectivity index (χ1) is 11.5. The molecule has 3 N–H and O–H groups in total. The fraction of sp³-hybridized carbons (Fsp3) is 0.250. The molecule has 0 unspecified atom stereocenters. The zero-order valence-electron chi connectivity index (χ0n) is 12.5. The van der Waals surface area contributed by atoms with Crippen molar-refractivity contribution in [1.29, 1.82) is 0 Å². The predicted molar refractivity (Wildman–Crippen MR) is 84.6 cm³/mol. The number of ether oxygens (including phenoxy) is 1. The van der Waals surface area contributed by atoms with Crippen LogP contribution in [0, 0.1) is 21.7 Å². The third kappa shape index (κ3) is 3.13. The van der Waals surface area contributed by atoms with E-state index in [1.165, 1.54) is 24.3 Å². The maximum Gasteiger partial charge on any atom is 0.292 e. The molecule has 6 nitrogen and oxygen atoms in total. The van der Waals surface area contributed by atoms with Gasteiger partial charge >= 0.3 is 0 Å². The van der Waals surface area contributed by atoms with Gasteiger partial charge in [-0.2, -0.15) is 0 Å².